The molecule has 0 aliphatic carbocycles. The maximum atomic E-state index is 13.8. The van der Waals surface area contributed by atoms with Gasteiger partial charge in [0.25, 0.3) is 5.91 Å². The molecule has 3 aromatic rings. The Morgan fingerprint density at radius 2 is 1.77 bits per heavy atom. The van der Waals surface area contributed by atoms with Gasteiger partial charge in [0, 0.05) is 16.5 Å². The van der Waals surface area contributed by atoms with E-state index in [9.17, 15) is 4.79 Å². The lowest BCUT2D eigenvalue weighted by atomic mass is 9.91. The zero-order valence-corrected chi connectivity index (χ0v) is 19.1. The molecule has 1 amide bonds. The highest BCUT2D eigenvalue weighted by molar-refractivity contribution is 8.15. The van der Waals surface area contributed by atoms with Gasteiger partial charge in [-0.1, -0.05) is 35.3 Å². The zero-order valence-electron chi connectivity index (χ0n) is 16.7. The number of nitriles is 1. The van der Waals surface area contributed by atoms with Crippen LogP contribution in [0, 0.1) is 11.3 Å². The molecule has 1 aliphatic rings. The second kappa shape index (κ2) is 7.66. The van der Waals surface area contributed by atoms with Crippen molar-refractivity contribution in [2.75, 3.05) is 17.4 Å². The van der Waals surface area contributed by atoms with Crippen molar-refractivity contribution in [1.29, 1.82) is 5.26 Å². The zero-order chi connectivity index (χ0) is 21.6. The quantitative estimate of drug-likeness (QED) is 0.538. The number of nitrogens with zero attached hydrogens (tertiary/aromatic N) is 4. The number of benzene rings is 2. The van der Waals surface area contributed by atoms with Crippen LogP contribution in [0.5, 0.6) is 0 Å². The molecular weight excluding hydrogens is 439 g/mol. The van der Waals surface area contributed by atoms with Gasteiger partial charge in [0.2, 0.25) is 5.95 Å². The summed E-state index contributed by atoms with van der Waals surface area (Å²) in [4.78, 5) is 20.0. The Kier molecular flexibility index (Phi) is 5.31. The largest absolute Gasteiger partial charge is 0.291 e. The molecule has 8 heteroatoms. The number of rotatable bonds is 4. The lowest BCUT2D eigenvalue weighted by Gasteiger charge is -2.28. The second-order valence-corrected chi connectivity index (χ2v) is 10.8. The van der Waals surface area contributed by atoms with E-state index < -0.39 is 16.4 Å². The third kappa shape index (κ3) is 3.37. The van der Waals surface area contributed by atoms with Crippen molar-refractivity contribution in [3.8, 4) is 6.07 Å². The molecule has 4 rings (SSSR count). The van der Waals surface area contributed by atoms with Crippen LogP contribution in [0.4, 0.5) is 11.6 Å². The number of imidazole rings is 1. The molecule has 0 saturated carbocycles. The van der Waals surface area contributed by atoms with Crippen LogP contribution in [0.3, 0.4) is 0 Å². The Bertz CT molecular complexity index is 1160. The van der Waals surface area contributed by atoms with E-state index in [2.05, 4.69) is 23.6 Å². The number of fused-ring (bicyclic) bond motifs is 1. The molecule has 1 unspecified atom stereocenters. The number of anilines is 2. The van der Waals surface area contributed by atoms with Gasteiger partial charge in [-0.3, -0.25) is 9.36 Å². The summed E-state index contributed by atoms with van der Waals surface area (Å²) in [5, 5.41) is 11.0. The Hall–Kier alpha value is -2.46. The summed E-state index contributed by atoms with van der Waals surface area (Å²) in [5.74, 6) is 0.479. The van der Waals surface area contributed by atoms with Gasteiger partial charge in [-0.05, 0) is 55.3 Å². The highest BCUT2D eigenvalue weighted by Crippen LogP contribution is 2.47. The molecule has 0 saturated heterocycles. The first kappa shape index (κ1) is 20.8. The van der Waals surface area contributed by atoms with E-state index in [1.54, 1.807) is 35.2 Å². The number of carbonyl (C=O) groups is 1. The molecule has 5 nitrogen and oxygen atoms in total. The lowest BCUT2D eigenvalue weighted by Crippen LogP contribution is -2.41. The molecule has 0 radical (unpaired) electrons. The third-order valence-corrected chi connectivity index (χ3v) is 6.95. The van der Waals surface area contributed by atoms with E-state index in [0.717, 1.165) is 10.6 Å². The average Bonchev–Trinajstić information content (AvgIpc) is 3.21. The summed E-state index contributed by atoms with van der Waals surface area (Å²) in [6.45, 7) is 1.94. The van der Waals surface area contributed by atoms with Crippen molar-refractivity contribution in [2.45, 2.75) is 23.9 Å². The van der Waals surface area contributed by atoms with E-state index >= 15 is 0 Å². The first-order valence-corrected chi connectivity index (χ1v) is 12.3. The molecule has 0 bridgehead atoms. The maximum absolute atomic E-state index is 13.8. The van der Waals surface area contributed by atoms with Crippen molar-refractivity contribution >= 4 is 51.6 Å². The summed E-state index contributed by atoms with van der Waals surface area (Å²) in [7, 11) is -0.495. The van der Waals surface area contributed by atoms with Crippen molar-refractivity contribution < 1.29 is 4.79 Å². The summed E-state index contributed by atoms with van der Waals surface area (Å²) >= 11 is 12.4. The smallest absolute Gasteiger partial charge is 0.260 e. The highest BCUT2D eigenvalue weighted by atomic mass is 35.5. The fourth-order valence-corrected chi connectivity index (χ4v) is 5.37. The number of hydrogen-bond donors (Lipinski definition) is 1. The molecule has 2 aromatic carbocycles. The molecule has 2 heterocycles. The van der Waals surface area contributed by atoms with Crippen LogP contribution in [0.15, 0.2) is 53.7 Å². The topological polar surface area (TPSA) is 61.9 Å². The maximum Gasteiger partial charge on any atom is 0.260 e. The van der Waals surface area contributed by atoms with Gasteiger partial charge in [0.1, 0.15) is 5.54 Å². The molecule has 1 aromatic heterocycles. The van der Waals surface area contributed by atoms with E-state index in [1.807, 2.05) is 29.8 Å². The van der Waals surface area contributed by atoms with Gasteiger partial charge in [-0.25, -0.2) is 20.8 Å². The summed E-state index contributed by atoms with van der Waals surface area (Å²) in [6.07, 6.45) is 6.61. The van der Waals surface area contributed by atoms with Gasteiger partial charge < -0.3 is 0 Å². The average molecular weight is 459 g/mol. The van der Waals surface area contributed by atoms with Gasteiger partial charge in [-0.15, -0.1) is 0 Å². The van der Waals surface area contributed by atoms with Crippen LogP contribution in [0.25, 0.3) is 0 Å². The van der Waals surface area contributed by atoms with Crippen molar-refractivity contribution in [3.05, 3.63) is 69.8 Å². The predicted molar refractivity (Wildman–Crippen MR) is 123 cm³/mol. The minimum absolute atomic E-state index is 0.0913. The Morgan fingerprint density at radius 3 is 2.33 bits per heavy atom. The van der Waals surface area contributed by atoms with Crippen LogP contribution in [-0.4, -0.2) is 28.0 Å². The van der Waals surface area contributed by atoms with E-state index in [0.29, 0.717) is 33.7 Å². The monoisotopic (exact) mass is 458 g/mol. The van der Waals surface area contributed by atoms with Crippen LogP contribution < -0.4 is 4.90 Å². The number of aromatic nitrogens is 2. The Labute approximate surface area is 188 Å². The molecule has 1 aliphatic heterocycles. The van der Waals surface area contributed by atoms with E-state index in [4.69, 9.17) is 28.5 Å². The Balaban J connectivity index is 1.86. The minimum atomic E-state index is -0.864. The SMILES string of the molecule is C[SH](C)c1cnc2n1C(C)(Cc1ccc(C#N)cc1)C(=O)N2c1cc(Cl)cc(Cl)c1. The lowest BCUT2D eigenvalue weighted by molar-refractivity contribution is -0.124. The van der Waals surface area contributed by atoms with Crippen LogP contribution >= 0.6 is 34.1 Å². The summed E-state index contributed by atoms with van der Waals surface area (Å²) in [5.41, 5.74) is 1.29. The van der Waals surface area contributed by atoms with Gasteiger partial charge in [0.15, 0.2) is 0 Å². The van der Waals surface area contributed by atoms with Crippen LogP contribution in [-0.2, 0) is 16.8 Å². The van der Waals surface area contributed by atoms with Gasteiger partial charge >= 0.3 is 0 Å². The summed E-state index contributed by atoms with van der Waals surface area (Å²) in [6, 6.07) is 14.5. The first-order chi connectivity index (χ1) is 14.2. The minimum Gasteiger partial charge on any atom is -0.291 e. The van der Waals surface area contributed by atoms with Gasteiger partial charge in [-0.2, -0.15) is 5.26 Å². The fourth-order valence-electron chi connectivity index (χ4n) is 3.86. The fraction of sp³-hybridized carbons (Fsp3) is 0.227. The standard InChI is InChI=1S/C22H20Cl2N4OS/c1-22(11-14-4-6-15(12-25)7-5-14)20(29)27(18-9-16(23)8-17(24)10-18)21-26-13-19(28(21)22)30(2)3/h4-10,13,30H,11H2,1-3H3. The number of amides is 1. The molecular formula is C22H20Cl2N4OS. The molecule has 0 fully saturated rings. The number of hydrogen-bond acceptors (Lipinski definition) is 3. The molecule has 154 valence electrons. The first-order valence-electron chi connectivity index (χ1n) is 9.30. The number of halogens is 2. The van der Waals surface area contributed by atoms with Crippen molar-refractivity contribution in [2.24, 2.45) is 0 Å². The van der Waals surface area contributed by atoms with Crippen molar-refractivity contribution in [3.63, 3.8) is 0 Å². The molecule has 0 N–H and O–H groups in total. The number of thiol groups is 1. The molecule has 0 spiro atoms. The van der Waals surface area contributed by atoms with E-state index in [1.165, 1.54) is 0 Å². The van der Waals surface area contributed by atoms with E-state index in [-0.39, 0.29) is 5.91 Å². The molecule has 30 heavy (non-hydrogen) atoms. The van der Waals surface area contributed by atoms with Crippen LogP contribution in [0.1, 0.15) is 18.1 Å². The number of carbonyl (C=O) groups excluding carboxylic acids is 1. The predicted octanol–water partition coefficient (Wildman–Crippen LogP) is 5.32. The van der Waals surface area contributed by atoms with Crippen LogP contribution in [0.2, 0.25) is 10.0 Å². The second-order valence-electron chi connectivity index (χ2n) is 7.67. The normalized spacial score (nSPS) is 18.3. The van der Waals surface area contributed by atoms with Crippen molar-refractivity contribution in [1.82, 2.24) is 9.55 Å². The third-order valence-electron chi connectivity index (χ3n) is 5.28. The Morgan fingerprint density at radius 1 is 1.13 bits per heavy atom. The van der Waals surface area contributed by atoms with Gasteiger partial charge in [0.05, 0.1) is 28.5 Å². The highest BCUT2D eigenvalue weighted by Gasteiger charge is 2.50. The summed E-state index contributed by atoms with van der Waals surface area (Å²) < 4.78 is 2.05. The molecule has 1 atom stereocenters.